The van der Waals surface area contributed by atoms with Gasteiger partial charge in [0.2, 0.25) is 5.91 Å². The number of hydrogen-bond donors (Lipinski definition) is 1. The lowest BCUT2D eigenvalue weighted by Crippen LogP contribution is -2.22. The van der Waals surface area contributed by atoms with E-state index in [1.807, 2.05) is 12.1 Å². The molecular formula is C17H19N3O. The van der Waals surface area contributed by atoms with E-state index in [0.717, 1.165) is 12.0 Å². The number of carbonyl (C=O) groups is 1. The molecule has 0 aliphatic heterocycles. The summed E-state index contributed by atoms with van der Waals surface area (Å²) in [6.07, 6.45) is 6.44. The highest BCUT2D eigenvalue weighted by molar-refractivity contribution is 5.85. The highest BCUT2D eigenvalue weighted by Gasteiger charge is 2.64. The molecule has 4 nitrogen and oxygen atoms in total. The van der Waals surface area contributed by atoms with Gasteiger partial charge in [-0.05, 0) is 41.9 Å². The Balaban J connectivity index is 1.56. The first-order valence-corrected chi connectivity index (χ1v) is 7.48. The third-order valence-corrected chi connectivity index (χ3v) is 5.04. The van der Waals surface area contributed by atoms with Gasteiger partial charge < -0.3 is 0 Å². The molecule has 4 heteroatoms. The number of amides is 1. The zero-order valence-corrected chi connectivity index (χ0v) is 12.2. The van der Waals surface area contributed by atoms with E-state index in [1.54, 1.807) is 18.3 Å². The maximum absolute atomic E-state index is 12.2. The molecule has 1 aromatic rings. The average molecular weight is 281 g/mol. The summed E-state index contributed by atoms with van der Waals surface area (Å²) < 4.78 is 0. The Labute approximate surface area is 124 Å². The van der Waals surface area contributed by atoms with E-state index in [0.29, 0.717) is 11.5 Å². The molecule has 1 amide bonds. The Hall–Kier alpha value is -2.15. The number of hydrazone groups is 1. The minimum Gasteiger partial charge on any atom is -0.273 e. The number of benzene rings is 1. The predicted octanol–water partition coefficient (Wildman–Crippen LogP) is 2.83. The number of nitrogens with one attached hydrogen (secondary N) is 1. The SMILES string of the molecule is C[C@@]12CCCC[C@H]1[C@@H]2C(=O)N/N=C\c1ccc(C#N)cc1. The van der Waals surface area contributed by atoms with E-state index >= 15 is 0 Å². The molecule has 0 spiro atoms. The van der Waals surface area contributed by atoms with Crippen LogP contribution >= 0.6 is 0 Å². The number of rotatable bonds is 3. The van der Waals surface area contributed by atoms with Crippen molar-refractivity contribution in [3.63, 3.8) is 0 Å². The van der Waals surface area contributed by atoms with Gasteiger partial charge in [-0.25, -0.2) is 5.43 Å². The Morgan fingerprint density at radius 1 is 1.43 bits per heavy atom. The molecule has 0 saturated heterocycles. The van der Waals surface area contributed by atoms with Gasteiger partial charge in [-0.2, -0.15) is 10.4 Å². The Morgan fingerprint density at radius 3 is 2.81 bits per heavy atom. The molecule has 2 aliphatic rings. The standard InChI is InChI=1S/C17H19N3O/c1-17-9-3-2-4-14(17)15(17)16(21)20-19-11-13-7-5-12(10-18)6-8-13/h5-8,11,14-15H,2-4,9H2,1H3,(H,20,21)/b19-11-/t14-,15+,17+/m0/s1. The number of nitrogens with zero attached hydrogens (tertiary/aromatic N) is 2. The molecule has 2 fully saturated rings. The van der Waals surface area contributed by atoms with Crippen molar-refractivity contribution in [3.8, 4) is 6.07 Å². The summed E-state index contributed by atoms with van der Waals surface area (Å²) >= 11 is 0. The first-order valence-electron chi connectivity index (χ1n) is 7.48. The number of fused-ring (bicyclic) bond motifs is 1. The molecule has 0 bridgehead atoms. The maximum atomic E-state index is 12.2. The van der Waals surface area contributed by atoms with Crippen molar-refractivity contribution < 1.29 is 4.79 Å². The van der Waals surface area contributed by atoms with Gasteiger partial charge >= 0.3 is 0 Å². The summed E-state index contributed by atoms with van der Waals surface area (Å²) in [6.45, 7) is 2.23. The summed E-state index contributed by atoms with van der Waals surface area (Å²) in [5.41, 5.74) is 4.37. The van der Waals surface area contributed by atoms with Crippen LogP contribution < -0.4 is 5.43 Å². The highest BCUT2D eigenvalue weighted by atomic mass is 16.2. The summed E-state index contributed by atoms with van der Waals surface area (Å²) in [4.78, 5) is 12.2. The first kappa shape index (κ1) is 13.8. The van der Waals surface area contributed by atoms with Crippen LogP contribution in [0.15, 0.2) is 29.4 Å². The normalized spacial score (nSPS) is 30.5. The smallest absolute Gasteiger partial charge is 0.244 e. The number of nitriles is 1. The number of carbonyl (C=O) groups excluding carboxylic acids is 1. The monoisotopic (exact) mass is 281 g/mol. The molecule has 2 aliphatic carbocycles. The topological polar surface area (TPSA) is 65.2 Å². The third-order valence-electron chi connectivity index (χ3n) is 5.04. The predicted molar refractivity (Wildman–Crippen MR) is 80.4 cm³/mol. The zero-order chi connectivity index (χ0) is 14.9. The van der Waals surface area contributed by atoms with E-state index in [2.05, 4.69) is 23.5 Å². The summed E-state index contributed by atoms with van der Waals surface area (Å²) in [7, 11) is 0. The summed E-state index contributed by atoms with van der Waals surface area (Å²) in [5.74, 6) is 0.740. The molecule has 0 heterocycles. The van der Waals surface area contributed by atoms with Gasteiger partial charge in [0.25, 0.3) is 0 Å². The zero-order valence-electron chi connectivity index (χ0n) is 12.2. The first-order chi connectivity index (χ1) is 10.1. The van der Waals surface area contributed by atoms with Crippen molar-refractivity contribution in [1.82, 2.24) is 5.43 Å². The fourth-order valence-corrected chi connectivity index (χ4v) is 3.73. The van der Waals surface area contributed by atoms with Gasteiger partial charge in [-0.3, -0.25) is 4.79 Å². The molecule has 3 atom stereocenters. The second-order valence-electron chi connectivity index (χ2n) is 6.30. The minimum absolute atomic E-state index is 0.0503. The molecule has 108 valence electrons. The van der Waals surface area contributed by atoms with Gasteiger partial charge in [-0.1, -0.05) is 31.9 Å². The van der Waals surface area contributed by atoms with Gasteiger partial charge in [0.1, 0.15) is 0 Å². The molecule has 0 aromatic heterocycles. The second-order valence-corrected chi connectivity index (χ2v) is 6.30. The van der Waals surface area contributed by atoms with Gasteiger partial charge in [0.05, 0.1) is 17.8 Å². The Morgan fingerprint density at radius 2 is 2.19 bits per heavy atom. The quantitative estimate of drug-likeness (QED) is 0.684. The fourth-order valence-electron chi connectivity index (χ4n) is 3.73. The molecule has 1 N–H and O–H groups in total. The molecular weight excluding hydrogens is 262 g/mol. The van der Waals surface area contributed by atoms with Crippen molar-refractivity contribution >= 4 is 12.1 Å². The molecule has 0 radical (unpaired) electrons. The van der Waals surface area contributed by atoms with Crippen LogP contribution in [0.5, 0.6) is 0 Å². The van der Waals surface area contributed by atoms with E-state index in [9.17, 15) is 4.79 Å². The van der Waals surface area contributed by atoms with E-state index in [4.69, 9.17) is 5.26 Å². The van der Waals surface area contributed by atoms with Crippen LogP contribution in [-0.4, -0.2) is 12.1 Å². The van der Waals surface area contributed by atoms with E-state index in [-0.39, 0.29) is 17.2 Å². The van der Waals surface area contributed by atoms with Crippen molar-refractivity contribution in [2.75, 3.05) is 0 Å². The van der Waals surface area contributed by atoms with E-state index < -0.39 is 0 Å². The van der Waals surface area contributed by atoms with Crippen molar-refractivity contribution in [3.05, 3.63) is 35.4 Å². The largest absolute Gasteiger partial charge is 0.273 e. The highest BCUT2D eigenvalue weighted by Crippen LogP contribution is 2.66. The Bertz CT molecular complexity index is 614. The number of hydrogen-bond acceptors (Lipinski definition) is 3. The molecule has 0 unspecified atom stereocenters. The third kappa shape index (κ3) is 2.56. The maximum Gasteiger partial charge on any atom is 0.244 e. The fraction of sp³-hybridized carbons (Fsp3) is 0.471. The van der Waals surface area contributed by atoms with Gasteiger partial charge in [-0.15, -0.1) is 0 Å². The van der Waals surface area contributed by atoms with Crippen molar-refractivity contribution in [1.29, 1.82) is 5.26 Å². The average Bonchev–Trinajstić information content (AvgIpc) is 3.13. The molecule has 21 heavy (non-hydrogen) atoms. The van der Waals surface area contributed by atoms with Crippen molar-refractivity contribution in [2.45, 2.75) is 32.6 Å². The Kier molecular flexibility index (Phi) is 3.50. The van der Waals surface area contributed by atoms with Crippen LogP contribution in [0.25, 0.3) is 0 Å². The van der Waals surface area contributed by atoms with Crippen LogP contribution in [0, 0.1) is 28.6 Å². The van der Waals surface area contributed by atoms with Crippen LogP contribution in [-0.2, 0) is 4.79 Å². The molecule has 3 rings (SSSR count). The van der Waals surface area contributed by atoms with E-state index in [1.165, 1.54) is 19.3 Å². The van der Waals surface area contributed by atoms with Crippen molar-refractivity contribution in [2.24, 2.45) is 22.4 Å². The second kappa shape index (κ2) is 5.33. The lowest BCUT2D eigenvalue weighted by atomic mass is 9.90. The van der Waals surface area contributed by atoms with Crippen LogP contribution in [0.3, 0.4) is 0 Å². The van der Waals surface area contributed by atoms with Gasteiger partial charge in [0.15, 0.2) is 0 Å². The molecule has 2 saturated carbocycles. The van der Waals surface area contributed by atoms with Crippen LogP contribution in [0.2, 0.25) is 0 Å². The van der Waals surface area contributed by atoms with Gasteiger partial charge in [0, 0.05) is 5.92 Å². The molecule has 1 aromatic carbocycles. The van der Waals surface area contributed by atoms with Crippen LogP contribution in [0.4, 0.5) is 0 Å². The summed E-state index contributed by atoms with van der Waals surface area (Å²) in [6, 6.07) is 9.17. The summed E-state index contributed by atoms with van der Waals surface area (Å²) in [5, 5.41) is 12.8. The minimum atomic E-state index is 0.0503. The lowest BCUT2D eigenvalue weighted by molar-refractivity contribution is -0.123. The lowest BCUT2D eigenvalue weighted by Gasteiger charge is -2.15. The van der Waals surface area contributed by atoms with Crippen LogP contribution in [0.1, 0.15) is 43.7 Å².